The van der Waals surface area contributed by atoms with E-state index in [9.17, 15) is 4.39 Å². The molecule has 0 spiro atoms. The third kappa shape index (κ3) is 4.03. The van der Waals surface area contributed by atoms with E-state index in [4.69, 9.17) is 9.26 Å². The number of hydrogen-bond donors (Lipinski definition) is 1. The zero-order valence-corrected chi connectivity index (χ0v) is 11.8. The number of hydrogen-bond acceptors (Lipinski definition) is 5. The second kappa shape index (κ2) is 6.47. The lowest BCUT2D eigenvalue weighted by atomic mass is 10.2. The summed E-state index contributed by atoms with van der Waals surface area (Å²) >= 11 is 0. The Bertz CT molecular complexity index is 569. The Labute approximate surface area is 117 Å². The summed E-state index contributed by atoms with van der Waals surface area (Å²) in [4.78, 5) is 4.05. The van der Waals surface area contributed by atoms with Crippen molar-refractivity contribution in [3.8, 4) is 5.75 Å². The van der Waals surface area contributed by atoms with Crippen LogP contribution in [-0.4, -0.2) is 16.2 Å². The van der Waals surface area contributed by atoms with E-state index in [1.165, 1.54) is 12.1 Å². The van der Waals surface area contributed by atoms with Crippen molar-refractivity contribution in [2.24, 2.45) is 0 Å². The monoisotopic (exact) mass is 279 g/mol. The predicted octanol–water partition coefficient (Wildman–Crippen LogP) is 2.59. The smallest absolute Gasteiger partial charge is 0.264 e. The molecule has 108 valence electrons. The quantitative estimate of drug-likeness (QED) is 0.880. The van der Waals surface area contributed by atoms with Gasteiger partial charge in [-0.1, -0.05) is 19.0 Å². The lowest BCUT2D eigenvalue weighted by Gasteiger charge is -2.13. The highest BCUT2D eigenvalue weighted by Crippen LogP contribution is 2.21. The van der Waals surface area contributed by atoms with Gasteiger partial charge >= 0.3 is 0 Å². The predicted molar refractivity (Wildman–Crippen MR) is 71.7 cm³/mol. The van der Waals surface area contributed by atoms with Crippen LogP contribution in [0.1, 0.15) is 31.1 Å². The second-order valence-corrected chi connectivity index (χ2v) is 4.81. The molecule has 2 aromatic rings. The van der Waals surface area contributed by atoms with Gasteiger partial charge in [-0.2, -0.15) is 4.98 Å². The first-order valence-corrected chi connectivity index (χ1v) is 6.48. The number of benzene rings is 1. The third-order valence-corrected chi connectivity index (χ3v) is 2.64. The van der Waals surface area contributed by atoms with E-state index in [0.717, 1.165) is 5.56 Å². The van der Waals surface area contributed by atoms with Gasteiger partial charge in [0.1, 0.15) is 11.6 Å². The molecule has 1 N–H and O–H groups in total. The van der Waals surface area contributed by atoms with Crippen LogP contribution in [0.3, 0.4) is 0 Å². The average molecular weight is 279 g/mol. The molecule has 1 aromatic carbocycles. The van der Waals surface area contributed by atoms with Crippen molar-refractivity contribution >= 4 is 0 Å². The lowest BCUT2D eigenvalue weighted by Crippen LogP contribution is -2.22. The molecule has 6 heteroatoms. The van der Waals surface area contributed by atoms with Crippen LogP contribution in [0.4, 0.5) is 4.39 Å². The highest BCUT2D eigenvalue weighted by Gasteiger charge is 2.09. The zero-order valence-electron chi connectivity index (χ0n) is 11.8. The van der Waals surface area contributed by atoms with Gasteiger partial charge in [0.15, 0.2) is 12.4 Å². The van der Waals surface area contributed by atoms with Crippen LogP contribution in [-0.2, 0) is 13.2 Å². The van der Waals surface area contributed by atoms with E-state index < -0.39 is 0 Å². The standard InChI is InChI=1S/C14H18FN3O2/c1-9(2)16-7-11-6-12(15)4-5-13(11)19-8-14-17-10(3)18-20-14/h4-6,9,16H,7-8H2,1-3H3. The van der Waals surface area contributed by atoms with Gasteiger partial charge < -0.3 is 14.6 Å². The molecule has 0 aliphatic carbocycles. The summed E-state index contributed by atoms with van der Waals surface area (Å²) in [6.45, 7) is 6.50. The van der Waals surface area contributed by atoms with Gasteiger partial charge in [-0.05, 0) is 25.1 Å². The Morgan fingerprint density at radius 1 is 1.40 bits per heavy atom. The molecule has 0 amide bonds. The molecule has 0 aliphatic rings. The van der Waals surface area contributed by atoms with Crippen molar-refractivity contribution in [2.45, 2.75) is 40.0 Å². The third-order valence-electron chi connectivity index (χ3n) is 2.64. The Balaban J connectivity index is 2.05. The van der Waals surface area contributed by atoms with Crippen molar-refractivity contribution in [3.05, 3.63) is 41.3 Å². The normalized spacial score (nSPS) is 11.1. The van der Waals surface area contributed by atoms with Crippen molar-refractivity contribution in [1.82, 2.24) is 15.5 Å². The molecule has 0 saturated heterocycles. The molecule has 5 nitrogen and oxygen atoms in total. The lowest BCUT2D eigenvalue weighted by molar-refractivity contribution is 0.240. The molecule has 0 unspecified atom stereocenters. The summed E-state index contributed by atoms with van der Waals surface area (Å²) in [6, 6.07) is 4.75. The van der Waals surface area contributed by atoms with Crippen LogP contribution in [0.15, 0.2) is 22.7 Å². The molecule has 0 saturated carbocycles. The Morgan fingerprint density at radius 3 is 2.85 bits per heavy atom. The topological polar surface area (TPSA) is 60.2 Å². The van der Waals surface area contributed by atoms with Crippen LogP contribution in [0.2, 0.25) is 0 Å². The largest absolute Gasteiger partial charge is 0.483 e. The Hall–Kier alpha value is -1.95. The molecule has 0 bridgehead atoms. The molecule has 1 aromatic heterocycles. The average Bonchev–Trinajstić information content (AvgIpc) is 2.81. The summed E-state index contributed by atoms with van der Waals surface area (Å²) in [5.41, 5.74) is 0.759. The van der Waals surface area contributed by atoms with Gasteiger partial charge in [-0.3, -0.25) is 0 Å². The number of rotatable bonds is 6. The SMILES string of the molecule is Cc1noc(COc2ccc(F)cc2CNC(C)C)n1. The number of halogens is 1. The van der Waals surface area contributed by atoms with Gasteiger partial charge in [0.05, 0.1) is 0 Å². The summed E-state index contributed by atoms with van der Waals surface area (Å²) in [5, 5.41) is 6.92. The fourth-order valence-corrected chi connectivity index (χ4v) is 1.68. The van der Waals surface area contributed by atoms with E-state index in [0.29, 0.717) is 30.1 Å². The fourth-order valence-electron chi connectivity index (χ4n) is 1.68. The minimum absolute atomic E-state index is 0.168. The number of aromatic nitrogens is 2. The number of nitrogens with one attached hydrogen (secondary N) is 1. The van der Waals surface area contributed by atoms with Gasteiger partial charge in [0.25, 0.3) is 5.89 Å². The Morgan fingerprint density at radius 2 is 2.20 bits per heavy atom. The zero-order chi connectivity index (χ0) is 14.5. The molecule has 1 heterocycles. The summed E-state index contributed by atoms with van der Waals surface area (Å²) in [5.74, 6) is 1.28. The van der Waals surface area contributed by atoms with E-state index >= 15 is 0 Å². The molecular formula is C14H18FN3O2. The van der Waals surface area contributed by atoms with Crippen LogP contribution in [0, 0.1) is 12.7 Å². The van der Waals surface area contributed by atoms with Crippen molar-refractivity contribution in [1.29, 1.82) is 0 Å². The summed E-state index contributed by atoms with van der Waals surface area (Å²) in [7, 11) is 0. The molecular weight excluding hydrogens is 261 g/mol. The van der Waals surface area contributed by atoms with Crippen LogP contribution in [0.5, 0.6) is 5.75 Å². The van der Waals surface area contributed by atoms with Gasteiger partial charge in [-0.25, -0.2) is 4.39 Å². The highest BCUT2D eigenvalue weighted by atomic mass is 19.1. The molecule has 0 fully saturated rings. The Kier molecular flexibility index (Phi) is 4.68. The van der Waals surface area contributed by atoms with Gasteiger partial charge in [0, 0.05) is 18.2 Å². The van der Waals surface area contributed by atoms with Crippen molar-refractivity contribution in [3.63, 3.8) is 0 Å². The van der Waals surface area contributed by atoms with Gasteiger partial charge in [0.2, 0.25) is 0 Å². The van der Waals surface area contributed by atoms with Crippen molar-refractivity contribution < 1.29 is 13.7 Å². The molecule has 0 radical (unpaired) electrons. The first kappa shape index (κ1) is 14.5. The maximum absolute atomic E-state index is 13.3. The fraction of sp³-hybridized carbons (Fsp3) is 0.429. The van der Waals surface area contributed by atoms with E-state index in [2.05, 4.69) is 15.5 Å². The number of ether oxygens (including phenoxy) is 1. The number of nitrogens with zero attached hydrogens (tertiary/aromatic N) is 2. The number of aryl methyl sites for hydroxylation is 1. The molecule has 0 aliphatic heterocycles. The van der Waals surface area contributed by atoms with Crippen LogP contribution in [0.25, 0.3) is 0 Å². The maximum atomic E-state index is 13.3. The van der Waals surface area contributed by atoms with E-state index in [1.54, 1.807) is 13.0 Å². The molecule has 2 rings (SSSR count). The van der Waals surface area contributed by atoms with Crippen LogP contribution < -0.4 is 10.1 Å². The molecule has 20 heavy (non-hydrogen) atoms. The van der Waals surface area contributed by atoms with Crippen molar-refractivity contribution in [2.75, 3.05) is 0 Å². The highest BCUT2D eigenvalue weighted by molar-refractivity contribution is 5.34. The minimum atomic E-state index is -0.286. The van der Waals surface area contributed by atoms with E-state index in [-0.39, 0.29) is 12.4 Å². The first-order chi connectivity index (χ1) is 9.54. The van der Waals surface area contributed by atoms with E-state index in [1.807, 2.05) is 13.8 Å². The molecule has 0 atom stereocenters. The minimum Gasteiger partial charge on any atom is -0.483 e. The van der Waals surface area contributed by atoms with Gasteiger partial charge in [-0.15, -0.1) is 0 Å². The van der Waals surface area contributed by atoms with Crippen LogP contribution >= 0.6 is 0 Å². The maximum Gasteiger partial charge on any atom is 0.264 e. The summed E-state index contributed by atoms with van der Waals surface area (Å²) in [6.07, 6.45) is 0. The summed E-state index contributed by atoms with van der Waals surface area (Å²) < 4.78 is 23.9. The second-order valence-electron chi connectivity index (χ2n) is 4.81. The first-order valence-electron chi connectivity index (χ1n) is 6.48.